The van der Waals surface area contributed by atoms with Gasteiger partial charge in [0.2, 0.25) is 5.95 Å². The molecule has 6 heterocycles. The standard InChI is InChI=1S/C31H30FN9S/c1-3-25-29(39(2)31-38-28(26(11-33)42-31)21-4-7-24(32)8-5-21)41-18-22(6-9-27(41)37-25)23-14-35-30(36-15-23)40-16-20(17-40)10-19-12-34-13-19/h4-9,14-15,18-20,34H,3,10,12-13,16-17H2,1-2H3. The summed E-state index contributed by atoms with van der Waals surface area (Å²) in [6.07, 6.45) is 7.85. The smallest absolute Gasteiger partial charge is 0.225 e. The molecule has 2 saturated heterocycles. The highest BCUT2D eigenvalue weighted by molar-refractivity contribution is 7.16. The summed E-state index contributed by atoms with van der Waals surface area (Å²) in [6.45, 7) is 6.44. The molecule has 5 aromatic rings. The second kappa shape index (κ2) is 10.8. The third kappa shape index (κ3) is 4.76. The van der Waals surface area contributed by atoms with Crippen LogP contribution in [0.25, 0.3) is 28.0 Å². The van der Waals surface area contributed by atoms with E-state index in [0.717, 1.165) is 78.7 Å². The van der Waals surface area contributed by atoms with E-state index in [1.54, 1.807) is 12.1 Å². The third-order valence-corrected chi connectivity index (χ3v) is 9.22. The van der Waals surface area contributed by atoms with Crippen molar-refractivity contribution in [2.75, 3.05) is 43.0 Å². The predicted molar refractivity (Wildman–Crippen MR) is 163 cm³/mol. The number of aryl methyl sites for hydroxylation is 1. The van der Waals surface area contributed by atoms with Gasteiger partial charge in [0, 0.05) is 55.4 Å². The minimum absolute atomic E-state index is 0.328. The summed E-state index contributed by atoms with van der Waals surface area (Å²) >= 11 is 1.30. The van der Waals surface area contributed by atoms with Gasteiger partial charge in [-0.1, -0.05) is 18.3 Å². The number of fused-ring (bicyclic) bond motifs is 1. The highest BCUT2D eigenvalue weighted by Gasteiger charge is 2.32. The number of nitrogens with zero attached hydrogens (tertiary/aromatic N) is 8. The molecule has 4 aromatic heterocycles. The Hall–Kier alpha value is -4.40. The van der Waals surface area contributed by atoms with Crippen molar-refractivity contribution >= 4 is 33.9 Å². The van der Waals surface area contributed by atoms with Crippen LogP contribution in [0.15, 0.2) is 55.0 Å². The molecular weight excluding hydrogens is 549 g/mol. The number of benzene rings is 1. The van der Waals surface area contributed by atoms with Gasteiger partial charge in [0.25, 0.3) is 0 Å². The van der Waals surface area contributed by atoms with Crippen molar-refractivity contribution in [2.24, 2.45) is 11.8 Å². The molecule has 0 aliphatic carbocycles. The second-order valence-corrected chi connectivity index (χ2v) is 12.0. The van der Waals surface area contributed by atoms with Gasteiger partial charge in [0.1, 0.15) is 33.9 Å². The van der Waals surface area contributed by atoms with Crippen LogP contribution in [0.5, 0.6) is 0 Å². The zero-order chi connectivity index (χ0) is 28.8. The van der Waals surface area contributed by atoms with Crippen molar-refractivity contribution < 1.29 is 4.39 Å². The molecule has 0 radical (unpaired) electrons. The number of thiazole rings is 1. The summed E-state index contributed by atoms with van der Waals surface area (Å²) in [7, 11) is 1.93. The van der Waals surface area contributed by atoms with E-state index in [1.165, 1.54) is 29.9 Å². The number of nitriles is 1. The number of hydrogen-bond acceptors (Lipinski definition) is 9. The van der Waals surface area contributed by atoms with Crippen LogP contribution < -0.4 is 15.1 Å². The Labute approximate surface area is 247 Å². The van der Waals surface area contributed by atoms with E-state index in [2.05, 4.69) is 33.8 Å². The average Bonchev–Trinajstić information content (AvgIpc) is 3.57. The summed E-state index contributed by atoms with van der Waals surface area (Å²) in [6, 6.07) is 12.4. The fourth-order valence-electron chi connectivity index (χ4n) is 5.77. The largest absolute Gasteiger partial charge is 0.340 e. The molecule has 9 nitrogen and oxygen atoms in total. The first kappa shape index (κ1) is 26.5. The zero-order valence-corrected chi connectivity index (χ0v) is 24.3. The summed E-state index contributed by atoms with van der Waals surface area (Å²) in [4.78, 5) is 23.8. The van der Waals surface area contributed by atoms with Crippen LogP contribution in [-0.2, 0) is 6.42 Å². The SMILES string of the molecule is CCc1nc2ccc(-c3cnc(N4CC(CC5CNC5)C4)nc3)cn2c1N(C)c1nc(-c2ccc(F)cc2)c(C#N)s1. The van der Waals surface area contributed by atoms with Gasteiger partial charge in [-0.25, -0.2) is 24.3 Å². The Morgan fingerprint density at radius 3 is 2.43 bits per heavy atom. The Kier molecular flexibility index (Phi) is 6.80. The van der Waals surface area contributed by atoms with E-state index in [9.17, 15) is 9.65 Å². The molecule has 2 aliphatic heterocycles. The van der Waals surface area contributed by atoms with Crippen molar-refractivity contribution in [2.45, 2.75) is 19.8 Å². The number of pyridine rings is 1. The Balaban J connectivity index is 1.16. The summed E-state index contributed by atoms with van der Waals surface area (Å²) < 4.78 is 15.6. The van der Waals surface area contributed by atoms with Crippen molar-refractivity contribution in [3.8, 4) is 28.5 Å². The first-order valence-corrected chi connectivity index (χ1v) is 15.0. The first-order valence-electron chi connectivity index (χ1n) is 14.2. The molecule has 0 bridgehead atoms. The fourth-order valence-corrected chi connectivity index (χ4v) is 6.62. The number of hydrogen-bond donors (Lipinski definition) is 1. The monoisotopic (exact) mass is 579 g/mol. The number of aromatic nitrogens is 5. The summed E-state index contributed by atoms with van der Waals surface area (Å²) in [5.74, 6) is 2.90. The van der Waals surface area contributed by atoms with Crippen LogP contribution >= 0.6 is 11.3 Å². The Morgan fingerprint density at radius 1 is 1.02 bits per heavy atom. The van der Waals surface area contributed by atoms with Crippen molar-refractivity contribution in [1.29, 1.82) is 5.26 Å². The average molecular weight is 580 g/mol. The van der Waals surface area contributed by atoms with Gasteiger partial charge in [0.05, 0.1) is 5.69 Å². The predicted octanol–water partition coefficient (Wildman–Crippen LogP) is 5.30. The van der Waals surface area contributed by atoms with Crippen LogP contribution in [0.1, 0.15) is 23.9 Å². The van der Waals surface area contributed by atoms with E-state index in [1.807, 2.05) is 36.5 Å². The molecule has 212 valence electrons. The van der Waals surface area contributed by atoms with E-state index in [0.29, 0.717) is 21.3 Å². The molecule has 0 spiro atoms. The van der Waals surface area contributed by atoms with Crippen molar-refractivity contribution in [1.82, 2.24) is 29.7 Å². The normalized spacial score (nSPS) is 15.4. The lowest BCUT2D eigenvalue weighted by atomic mass is 9.86. The third-order valence-electron chi connectivity index (χ3n) is 8.18. The Bertz CT molecular complexity index is 1780. The molecule has 7 rings (SSSR count). The topological polar surface area (TPSA) is 98.3 Å². The quantitative estimate of drug-likeness (QED) is 0.265. The van der Waals surface area contributed by atoms with Gasteiger partial charge in [0.15, 0.2) is 5.13 Å². The van der Waals surface area contributed by atoms with Crippen LogP contribution in [0, 0.1) is 29.0 Å². The lowest BCUT2D eigenvalue weighted by Gasteiger charge is -2.42. The number of halogens is 1. The summed E-state index contributed by atoms with van der Waals surface area (Å²) in [5, 5.41) is 13.8. The van der Waals surface area contributed by atoms with E-state index < -0.39 is 0 Å². The van der Waals surface area contributed by atoms with Crippen LogP contribution in [0.3, 0.4) is 0 Å². The van der Waals surface area contributed by atoms with Gasteiger partial charge < -0.3 is 15.1 Å². The highest BCUT2D eigenvalue weighted by atomic mass is 32.1. The Morgan fingerprint density at radius 2 is 1.76 bits per heavy atom. The molecule has 2 fully saturated rings. The number of rotatable bonds is 8. The molecule has 11 heteroatoms. The fraction of sp³-hybridized carbons (Fsp3) is 0.323. The molecule has 42 heavy (non-hydrogen) atoms. The van der Waals surface area contributed by atoms with Gasteiger partial charge in [-0.05, 0) is 74.2 Å². The molecule has 1 N–H and O–H groups in total. The minimum atomic E-state index is -0.328. The molecule has 0 amide bonds. The number of nitrogens with one attached hydrogen (secondary N) is 1. The lowest BCUT2D eigenvalue weighted by Crippen LogP contribution is -2.51. The minimum Gasteiger partial charge on any atom is -0.340 e. The maximum Gasteiger partial charge on any atom is 0.225 e. The van der Waals surface area contributed by atoms with Gasteiger partial charge in [-0.15, -0.1) is 0 Å². The molecule has 0 atom stereocenters. The number of anilines is 3. The molecule has 1 aromatic carbocycles. The number of imidazole rings is 1. The second-order valence-electron chi connectivity index (χ2n) is 11.0. The summed E-state index contributed by atoms with van der Waals surface area (Å²) in [5.41, 5.74) is 4.89. The molecule has 0 unspecified atom stereocenters. The van der Waals surface area contributed by atoms with E-state index in [4.69, 9.17) is 19.9 Å². The first-order chi connectivity index (χ1) is 20.5. The maximum absolute atomic E-state index is 13.5. The zero-order valence-electron chi connectivity index (χ0n) is 23.5. The van der Waals surface area contributed by atoms with Crippen LogP contribution in [-0.4, -0.2) is 57.6 Å². The molecular formula is C31H30FN9S. The van der Waals surface area contributed by atoms with Crippen molar-refractivity contribution in [3.63, 3.8) is 0 Å². The van der Waals surface area contributed by atoms with E-state index in [-0.39, 0.29) is 5.82 Å². The van der Waals surface area contributed by atoms with Crippen molar-refractivity contribution in [3.05, 3.63) is 71.4 Å². The van der Waals surface area contributed by atoms with Gasteiger partial charge in [-0.3, -0.25) is 4.40 Å². The highest BCUT2D eigenvalue weighted by Crippen LogP contribution is 2.37. The van der Waals surface area contributed by atoms with Gasteiger partial charge >= 0.3 is 0 Å². The van der Waals surface area contributed by atoms with Gasteiger partial charge in [-0.2, -0.15) is 5.26 Å². The maximum atomic E-state index is 13.5. The van der Waals surface area contributed by atoms with Crippen LogP contribution in [0.2, 0.25) is 0 Å². The van der Waals surface area contributed by atoms with Crippen LogP contribution in [0.4, 0.5) is 21.3 Å². The van der Waals surface area contributed by atoms with E-state index >= 15 is 0 Å². The molecule has 2 aliphatic rings. The lowest BCUT2D eigenvalue weighted by molar-refractivity contribution is 0.246. The molecule has 0 saturated carbocycles.